The van der Waals surface area contributed by atoms with Gasteiger partial charge < -0.3 is 0 Å². The smallest absolute Gasteiger partial charge is 0.263 e. The minimum absolute atomic E-state index is 0.0627. The van der Waals surface area contributed by atoms with Crippen molar-refractivity contribution in [3.05, 3.63) is 59.7 Å². The number of nitrogens with zero attached hydrogens (tertiary/aromatic N) is 1. The minimum Gasteiger partial charge on any atom is -0.295 e. The maximum absolute atomic E-state index is 12.3. The number of sulfonamides is 1. The number of carbonyl (C=O) groups excluding carboxylic acids is 1. The number of rotatable bonds is 4. The zero-order chi connectivity index (χ0) is 15.5. The number of nitriles is 1. The van der Waals surface area contributed by atoms with Gasteiger partial charge in [-0.15, -0.1) is 0 Å². The van der Waals surface area contributed by atoms with E-state index in [1.807, 2.05) is 6.07 Å². The Bertz CT molecular complexity index is 836. The van der Waals surface area contributed by atoms with Crippen molar-refractivity contribution < 1.29 is 13.2 Å². The first-order valence-corrected chi connectivity index (χ1v) is 7.55. The topological polar surface area (TPSA) is 87.0 Å². The van der Waals surface area contributed by atoms with E-state index in [9.17, 15) is 13.2 Å². The predicted molar refractivity (Wildman–Crippen MR) is 78.4 cm³/mol. The van der Waals surface area contributed by atoms with E-state index in [1.165, 1.54) is 25.1 Å². The molecule has 0 aliphatic rings. The number of Topliss-reactive ketones (excluding diaryl/α,β-unsaturated/α-hetero) is 1. The Labute approximate surface area is 122 Å². The van der Waals surface area contributed by atoms with Gasteiger partial charge in [-0.1, -0.05) is 24.3 Å². The molecule has 0 saturated carbocycles. The molecule has 0 aliphatic carbocycles. The molecule has 21 heavy (non-hydrogen) atoms. The molecule has 0 aliphatic heterocycles. The highest BCUT2D eigenvalue weighted by atomic mass is 32.2. The molecule has 0 unspecified atom stereocenters. The molecule has 0 heterocycles. The summed E-state index contributed by atoms with van der Waals surface area (Å²) in [4.78, 5) is 11.2. The molecule has 0 fully saturated rings. The molecule has 0 radical (unpaired) electrons. The molecular formula is C15H12N2O3S. The van der Waals surface area contributed by atoms with Crippen molar-refractivity contribution in [3.8, 4) is 6.07 Å². The summed E-state index contributed by atoms with van der Waals surface area (Å²) in [7, 11) is -3.88. The lowest BCUT2D eigenvalue weighted by molar-refractivity contribution is 0.101. The first-order valence-electron chi connectivity index (χ1n) is 6.07. The summed E-state index contributed by atoms with van der Waals surface area (Å²) in [6, 6.07) is 13.9. The van der Waals surface area contributed by atoms with E-state index in [0.29, 0.717) is 5.56 Å². The van der Waals surface area contributed by atoms with Crippen LogP contribution in [0.2, 0.25) is 0 Å². The fraction of sp³-hybridized carbons (Fsp3) is 0.0667. The van der Waals surface area contributed by atoms with Crippen LogP contribution in [0.25, 0.3) is 0 Å². The number of ketones is 1. The highest BCUT2D eigenvalue weighted by molar-refractivity contribution is 7.92. The van der Waals surface area contributed by atoms with Crippen LogP contribution in [0.1, 0.15) is 22.8 Å². The van der Waals surface area contributed by atoms with Crippen molar-refractivity contribution in [2.24, 2.45) is 0 Å². The Morgan fingerprint density at radius 1 is 1.14 bits per heavy atom. The second-order valence-electron chi connectivity index (χ2n) is 4.35. The third kappa shape index (κ3) is 3.27. The first kappa shape index (κ1) is 14.8. The molecule has 2 aromatic carbocycles. The summed E-state index contributed by atoms with van der Waals surface area (Å²) in [6.45, 7) is 1.40. The van der Waals surface area contributed by atoms with Gasteiger partial charge in [-0.3, -0.25) is 9.52 Å². The molecule has 6 heteroatoms. The monoisotopic (exact) mass is 300 g/mol. The van der Waals surface area contributed by atoms with Crippen molar-refractivity contribution in [3.63, 3.8) is 0 Å². The number of nitrogens with one attached hydrogen (secondary N) is 1. The van der Waals surface area contributed by atoms with Crippen LogP contribution in [0.5, 0.6) is 0 Å². The average molecular weight is 300 g/mol. The Hall–Kier alpha value is -2.65. The van der Waals surface area contributed by atoms with Crippen molar-refractivity contribution in [1.82, 2.24) is 0 Å². The van der Waals surface area contributed by atoms with Gasteiger partial charge >= 0.3 is 0 Å². The van der Waals surface area contributed by atoms with Gasteiger partial charge in [0.25, 0.3) is 10.0 Å². The molecule has 0 atom stereocenters. The summed E-state index contributed by atoms with van der Waals surface area (Å²) in [5.74, 6) is -0.159. The Kier molecular flexibility index (Phi) is 4.05. The van der Waals surface area contributed by atoms with Crippen LogP contribution in [0.3, 0.4) is 0 Å². The van der Waals surface area contributed by atoms with E-state index in [0.717, 1.165) is 0 Å². The van der Waals surface area contributed by atoms with Crippen molar-refractivity contribution in [2.45, 2.75) is 11.8 Å². The van der Waals surface area contributed by atoms with E-state index in [4.69, 9.17) is 5.26 Å². The Morgan fingerprint density at radius 3 is 2.52 bits per heavy atom. The average Bonchev–Trinajstić information content (AvgIpc) is 2.47. The number of hydrogen-bond donors (Lipinski definition) is 1. The lowest BCUT2D eigenvalue weighted by atomic mass is 10.1. The SMILES string of the molecule is CC(=O)c1cccc(NS(=O)(=O)c2ccccc2C#N)c1. The second-order valence-corrected chi connectivity index (χ2v) is 6.00. The number of carbonyl (C=O) groups is 1. The van der Waals surface area contributed by atoms with Crippen LogP contribution >= 0.6 is 0 Å². The summed E-state index contributed by atoms with van der Waals surface area (Å²) >= 11 is 0. The summed E-state index contributed by atoms with van der Waals surface area (Å²) < 4.78 is 27.0. The molecule has 0 saturated heterocycles. The van der Waals surface area contributed by atoms with Crippen molar-refractivity contribution in [2.75, 3.05) is 4.72 Å². The normalized spacial score (nSPS) is 10.7. The predicted octanol–water partition coefficient (Wildman–Crippen LogP) is 2.56. The standard InChI is InChI=1S/C15H12N2O3S/c1-11(18)12-6-4-7-14(9-12)17-21(19,20)15-8-3-2-5-13(15)10-16/h2-9,17H,1H3. The van der Waals surface area contributed by atoms with Crippen LogP contribution in [0, 0.1) is 11.3 Å². The molecule has 0 aromatic heterocycles. The highest BCUT2D eigenvalue weighted by Gasteiger charge is 2.18. The van der Waals surface area contributed by atoms with Crippen LogP contribution in [0.4, 0.5) is 5.69 Å². The Balaban J connectivity index is 2.41. The number of hydrogen-bond acceptors (Lipinski definition) is 4. The van der Waals surface area contributed by atoms with Gasteiger partial charge in [0.1, 0.15) is 11.0 Å². The van der Waals surface area contributed by atoms with E-state index in [-0.39, 0.29) is 21.9 Å². The molecule has 106 valence electrons. The third-order valence-electron chi connectivity index (χ3n) is 2.82. The zero-order valence-electron chi connectivity index (χ0n) is 11.2. The lowest BCUT2D eigenvalue weighted by Gasteiger charge is -2.09. The van der Waals surface area contributed by atoms with Crippen LogP contribution in [-0.2, 0) is 10.0 Å². The molecular weight excluding hydrogens is 288 g/mol. The molecule has 1 N–H and O–H groups in total. The maximum atomic E-state index is 12.3. The minimum atomic E-state index is -3.88. The molecule has 2 aromatic rings. The fourth-order valence-electron chi connectivity index (χ4n) is 1.81. The van der Waals surface area contributed by atoms with Crippen LogP contribution < -0.4 is 4.72 Å². The molecule has 0 amide bonds. The van der Waals surface area contributed by atoms with Gasteiger partial charge in [-0.05, 0) is 31.2 Å². The van der Waals surface area contributed by atoms with Crippen LogP contribution in [-0.4, -0.2) is 14.2 Å². The summed E-state index contributed by atoms with van der Waals surface area (Å²) in [5.41, 5.74) is 0.743. The van der Waals surface area contributed by atoms with Gasteiger partial charge in [-0.2, -0.15) is 5.26 Å². The maximum Gasteiger partial charge on any atom is 0.263 e. The Morgan fingerprint density at radius 2 is 1.86 bits per heavy atom. The van der Waals surface area contributed by atoms with Gasteiger partial charge in [0.2, 0.25) is 0 Å². The highest BCUT2D eigenvalue weighted by Crippen LogP contribution is 2.20. The van der Waals surface area contributed by atoms with Gasteiger partial charge in [0.05, 0.1) is 5.56 Å². The summed E-state index contributed by atoms with van der Waals surface area (Å²) in [6.07, 6.45) is 0. The third-order valence-corrected chi connectivity index (χ3v) is 4.26. The van der Waals surface area contributed by atoms with Gasteiger partial charge in [0.15, 0.2) is 5.78 Å². The molecule has 5 nitrogen and oxygen atoms in total. The van der Waals surface area contributed by atoms with E-state index in [1.54, 1.807) is 30.3 Å². The first-order chi connectivity index (χ1) is 9.94. The van der Waals surface area contributed by atoms with E-state index in [2.05, 4.69) is 4.72 Å². The summed E-state index contributed by atoms with van der Waals surface area (Å²) in [5, 5.41) is 8.98. The molecule has 2 rings (SSSR count). The van der Waals surface area contributed by atoms with E-state index < -0.39 is 10.0 Å². The van der Waals surface area contributed by atoms with Crippen molar-refractivity contribution >= 4 is 21.5 Å². The number of benzene rings is 2. The van der Waals surface area contributed by atoms with Gasteiger partial charge in [0, 0.05) is 11.3 Å². The fourth-order valence-corrected chi connectivity index (χ4v) is 3.01. The van der Waals surface area contributed by atoms with Crippen LogP contribution in [0.15, 0.2) is 53.4 Å². The molecule has 0 bridgehead atoms. The largest absolute Gasteiger partial charge is 0.295 e. The quantitative estimate of drug-likeness (QED) is 0.879. The van der Waals surface area contributed by atoms with E-state index >= 15 is 0 Å². The second kappa shape index (κ2) is 5.77. The number of anilines is 1. The zero-order valence-corrected chi connectivity index (χ0v) is 12.0. The lowest BCUT2D eigenvalue weighted by Crippen LogP contribution is -2.14. The molecule has 0 spiro atoms. The van der Waals surface area contributed by atoms with Gasteiger partial charge in [-0.25, -0.2) is 8.42 Å². The van der Waals surface area contributed by atoms with Crippen molar-refractivity contribution in [1.29, 1.82) is 5.26 Å².